The summed E-state index contributed by atoms with van der Waals surface area (Å²) in [6, 6.07) is 4.95. The molecule has 3 aromatic rings. The van der Waals surface area contributed by atoms with Crippen molar-refractivity contribution in [2.24, 2.45) is 0 Å². The lowest BCUT2D eigenvalue weighted by molar-refractivity contribution is 0.0697. The Labute approximate surface area is 114 Å². The molecule has 0 atom stereocenters. The molecular formula is C13H13N5O2. The van der Waals surface area contributed by atoms with Crippen LogP contribution >= 0.6 is 0 Å². The summed E-state index contributed by atoms with van der Waals surface area (Å²) in [6.07, 6.45) is 3.42. The number of benzene rings is 1. The maximum Gasteiger partial charge on any atom is 0.335 e. The molecule has 1 aromatic carbocycles. The van der Waals surface area contributed by atoms with E-state index in [9.17, 15) is 4.79 Å². The van der Waals surface area contributed by atoms with Gasteiger partial charge >= 0.3 is 5.97 Å². The van der Waals surface area contributed by atoms with Crippen molar-refractivity contribution in [3.63, 3.8) is 0 Å². The van der Waals surface area contributed by atoms with Crippen LogP contribution in [0.15, 0.2) is 30.6 Å². The fourth-order valence-corrected chi connectivity index (χ4v) is 2.21. The van der Waals surface area contributed by atoms with Gasteiger partial charge in [0.25, 0.3) is 0 Å². The summed E-state index contributed by atoms with van der Waals surface area (Å²) in [4.78, 5) is 15.5. The molecule has 0 radical (unpaired) electrons. The summed E-state index contributed by atoms with van der Waals surface area (Å²) in [6.45, 7) is 3.22. The zero-order chi connectivity index (χ0) is 14.1. The number of hydrogen-bond donors (Lipinski definition) is 1. The van der Waals surface area contributed by atoms with E-state index in [0.717, 1.165) is 16.9 Å². The van der Waals surface area contributed by atoms with Crippen molar-refractivity contribution in [1.29, 1.82) is 0 Å². The van der Waals surface area contributed by atoms with Crippen LogP contribution in [0.5, 0.6) is 0 Å². The van der Waals surface area contributed by atoms with Gasteiger partial charge in [0.05, 0.1) is 29.3 Å². The van der Waals surface area contributed by atoms with E-state index >= 15 is 0 Å². The van der Waals surface area contributed by atoms with Gasteiger partial charge < -0.3 is 9.67 Å². The van der Waals surface area contributed by atoms with Gasteiger partial charge in [-0.2, -0.15) is 0 Å². The second-order valence-corrected chi connectivity index (χ2v) is 4.49. The Bertz CT molecular complexity index is 761. The standard InChI is InChI=1S/C13H13N5O2/c1-9-15-11-3-2-10(13(19)20)8-12(11)18(9)7-6-17-5-4-14-16-17/h2-5,8H,6-7H2,1H3,(H,19,20). The van der Waals surface area contributed by atoms with E-state index in [4.69, 9.17) is 5.11 Å². The van der Waals surface area contributed by atoms with E-state index in [1.165, 1.54) is 0 Å². The minimum absolute atomic E-state index is 0.263. The van der Waals surface area contributed by atoms with Crippen molar-refractivity contribution >= 4 is 17.0 Å². The monoisotopic (exact) mass is 271 g/mol. The maximum atomic E-state index is 11.1. The Hall–Kier alpha value is -2.70. The summed E-state index contributed by atoms with van der Waals surface area (Å²) in [7, 11) is 0. The molecular weight excluding hydrogens is 258 g/mol. The number of aromatic nitrogens is 5. The van der Waals surface area contributed by atoms with Gasteiger partial charge in [-0.15, -0.1) is 5.10 Å². The van der Waals surface area contributed by atoms with Crippen LogP contribution in [-0.4, -0.2) is 35.6 Å². The second kappa shape index (κ2) is 4.76. The van der Waals surface area contributed by atoms with Gasteiger partial charge in [-0.25, -0.2) is 9.78 Å². The van der Waals surface area contributed by atoms with Crippen LogP contribution in [0.2, 0.25) is 0 Å². The van der Waals surface area contributed by atoms with Crippen LogP contribution in [0, 0.1) is 6.92 Å². The number of fused-ring (bicyclic) bond motifs is 1. The molecule has 3 rings (SSSR count). The number of rotatable bonds is 4. The molecule has 0 aliphatic carbocycles. The van der Waals surface area contributed by atoms with Gasteiger partial charge in [-0.3, -0.25) is 4.68 Å². The number of carbonyl (C=O) groups is 1. The van der Waals surface area contributed by atoms with Gasteiger partial charge in [0.1, 0.15) is 5.82 Å². The minimum atomic E-state index is -0.937. The Morgan fingerprint density at radius 3 is 2.90 bits per heavy atom. The Morgan fingerprint density at radius 2 is 2.20 bits per heavy atom. The molecule has 0 spiro atoms. The topological polar surface area (TPSA) is 85.8 Å². The first-order valence-electron chi connectivity index (χ1n) is 6.19. The lowest BCUT2D eigenvalue weighted by Crippen LogP contribution is -2.09. The zero-order valence-electron chi connectivity index (χ0n) is 10.9. The van der Waals surface area contributed by atoms with E-state index in [0.29, 0.717) is 13.1 Å². The highest BCUT2D eigenvalue weighted by Crippen LogP contribution is 2.18. The van der Waals surface area contributed by atoms with E-state index in [2.05, 4.69) is 15.3 Å². The smallest absolute Gasteiger partial charge is 0.335 e. The number of aryl methyl sites for hydroxylation is 3. The molecule has 102 valence electrons. The molecule has 0 bridgehead atoms. The normalized spacial score (nSPS) is 11.1. The highest BCUT2D eigenvalue weighted by atomic mass is 16.4. The molecule has 2 heterocycles. The average molecular weight is 271 g/mol. The fourth-order valence-electron chi connectivity index (χ4n) is 2.21. The predicted molar refractivity (Wildman–Crippen MR) is 71.5 cm³/mol. The van der Waals surface area contributed by atoms with Gasteiger partial charge in [0.15, 0.2) is 0 Å². The molecule has 1 N–H and O–H groups in total. The first-order valence-corrected chi connectivity index (χ1v) is 6.19. The molecule has 0 unspecified atom stereocenters. The third kappa shape index (κ3) is 2.13. The Kier molecular flexibility index (Phi) is 2.94. The average Bonchev–Trinajstić information content (AvgIpc) is 3.02. The van der Waals surface area contributed by atoms with E-state index in [1.807, 2.05) is 11.5 Å². The summed E-state index contributed by atoms with van der Waals surface area (Å²) >= 11 is 0. The van der Waals surface area contributed by atoms with Crippen LogP contribution in [0.25, 0.3) is 11.0 Å². The van der Waals surface area contributed by atoms with Crippen molar-refractivity contribution in [3.05, 3.63) is 42.0 Å². The summed E-state index contributed by atoms with van der Waals surface area (Å²) in [5, 5.41) is 16.7. The molecule has 20 heavy (non-hydrogen) atoms. The van der Waals surface area contributed by atoms with E-state index in [1.54, 1.807) is 35.3 Å². The van der Waals surface area contributed by atoms with Crippen LogP contribution in [-0.2, 0) is 13.1 Å². The Morgan fingerprint density at radius 1 is 1.35 bits per heavy atom. The molecule has 0 fully saturated rings. The van der Waals surface area contributed by atoms with Gasteiger partial charge in [-0.1, -0.05) is 5.21 Å². The Balaban J connectivity index is 1.97. The van der Waals surface area contributed by atoms with Crippen LogP contribution in [0.1, 0.15) is 16.2 Å². The van der Waals surface area contributed by atoms with Gasteiger partial charge in [0, 0.05) is 12.7 Å². The molecule has 0 amide bonds. The third-order valence-electron chi connectivity index (χ3n) is 3.21. The van der Waals surface area contributed by atoms with Crippen molar-refractivity contribution in [2.75, 3.05) is 0 Å². The van der Waals surface area contributed by atoms with Crippen molar-refractivity contribution < 1.29 is 9.90 Å². The molecule has 0 aliphatic heterocycles. The number of carboxylic acids is 1. The maximum absolute atomic E-state index is 11.1. The van der Waals surface area contributed by atoms with Crippen LogP contribution in [0.3, 0.4) is 0 Å². The van der Waals surface area contributed by atoms with E-state index in [-0.39, 0.29) is 5.56 Å². The van der Waals surface area contributed by atoms with Gasteiger partial charge in [-0.05, 0) is 25.1 Å². The molecule has 7 heteroatoms. The zero-order valence-corrected chi connectivity index (χ0v) is 10.9. The summed E-state index contributed by atoms with van der Waals surface area (Å²) in [5.74, 6) is -0.0868. The predicted octanol–water partition coefficient (Wildman–Crippen LogP) is 1.33. The molecule has 2 aromatic heterocycles. The lowest BCUT2D eigenvalue weighted by Gasteiger charge is -2.07. The highest BCUT2D eigenvalue weighted by molar-refractivity contribution is 5.92. The quantitative estimate of drug-likeness (QED) is 0.773. The fraction of sp³-hybridized carbons (Fsp3) is 0.231. The second-order valence-electron chi connectivity index (χ2n) is 4.49. The largest absolute Gasteiger partial charge is 0.478 e. The number of carboxylic acid groups (broad SMARTS) is 1. The molecule has 0 saturated carbocycles. The number of imidazole rings is 1. The lowest BCUT2D eigenvalue weighted by atomic mass is 10.2. The molecule has 0 saturated heterocycles. The number of hydrogen-bond acceptors (Lipinski definition) is 4. The van der Waals surface area contributed by atoms with Crippen molar-refractivity contribution in [1.82, 2.24) is 24.5 Å². The van der Waals surface area contributed by atoms with Crippen molar-refractivity contribution in [2.45, 2.75) is 20.0 Å². The number of aromatic carboxylic acids is 1. The van der Waals surface area contributed by atoms with Crippen LogP contribution in [0.4, 0.5) is 0 Å². The minimum Gasteiger partial charge on any atom is -0.478 e. The van der Waals surface area contributed by atoms with Crippen molar-refractivity contribution in [3.8, 4) is 0 Å². The number of nitrogens with zero attached hydrogens (tertiary/aromatic N) is 5. The van der Waals surface area contributed by atoms with Gasteiger partial charge in [0.2, 0.25) is 0 Å². The summed E-state index contributed by atoms with van der Waals surface area (Å²) < 4.78 is 3.72. The summed E-state index contributed by atoms with van der Waals surface area (Å²) in [5.41, 5.74) is 1.88. The SMILES string of the molecule is Cc1nc2ccc(C(=O)O)cc2n1CCn1ccnn1. The third-order valence-corrected chi connectivity index (χ3v) is 3.21. The molecule has 7 nitrogen and oxygen atoms in total. The van der Waals surface area contributed by atoms with E-state index < -0.39 is 5.97 Å². The first-order chi connectivity index (χ1) is 9.65. The molecule has 0 aliphatic rings. The van der Waals surface area contributed by atoms with Crippen LogP contribution < -0.4 is 0 Å². The first kappa shape index (κ1) is 12.3. The highest BCUT2D eigenvalue weighted by Gasteiger charge is 2.11.